The number of anilines is 1. The maximum atomic E-state index is 12.8. The maximum absolute atomic E-state index is 12.8. The Hall–Kier alpha value is -2.75. The van der Waals surface area contributed by atoms with E-state index in [4.69, 9.17) is 5.73 Å². The molecule has 2 aromatic rings. The third-order valence-electron chi connectivity index (χ3n) is 8.16. The number of nitrogens with two attached hydrogens (primary N) is 1. The quantitative estimate of drug-likeness (QED) is 0.589. The number of hydrogen-bond acceptors (Lipinski definition) is 6. The molecule has 3 aliphatic rings. The molecule has 1 saturated heterocycles. The van der Waals surface area contributed by atoms with Crippen LogP contribution in [0.2, 0.25) is 0 Å². The van der Waals surface area contributed by atoms with Gasteiger partial charge in [-0.3, -0.25) is 14.8 Å². The van der Waals surface area contributed by atoms with E-state index in [1.165, 1.54) is 24.0 Å². The van der Waals surface area contributed by atoms with Gasteiger partial charge in [0, 0.05) is 50.5 Å². The molecule has 1 unspecified atom stereocenters. The van der Waals surface area contributed by atoms with E-state index < -0.39 is 5.69 Å². The van der Waals surface area contributed by atoms with E-state index in [9.17, 15) is 9.59 Å². The minimum atomic E-state index is -0.394. The zero-order chi connectivity index (χ0) is 25.1. The summed E-state index contributed by atoms with van der Waals surface area (Å²) in [5, 5.41) is 5.97. The van der Waals surface area contributed by atoms with Gasteiger partial charge in [-0.25, -0.2) is 9.59 Å². The normalized spacial score (nSPS) is 24.4. The van der Waals surface area contributed by atoms with Crippen LogP contribution in [0.15, 0.2) is 35.3 Å². The molecular formula is C27H39N7O2. The van der Waals surface area contributed by atoms with Gasteiger partial charge in [0.05, 0.1) is 5.69 Å². The summed E-state index contributed by atoms with van der Waals surface area (Å²) in [7, 11) is 0. The van der Waals surface area contributed by atoms with Crippen LogP contribution in [0, 0.1) is 0 Å². The molecule has 4 N–H and O–H groups in total. The van der Waals surface area contributed by atoms with Gasteiger partial charge in [0.25, 0.3) is 0 Å². The standard InChI is InChI=1S/C27H39N7O2/c1-2-33(22-9-5-21(28)6-10-22)23-7-3-20-18-24(8-4-19(20)17-23)34-14-11-25(31-27(34)36)30-26(35)32-15-12-29-13-16-32/h4,8,11,14,18,21-23,29H,2-3,5-7,9-10,12-13,15-17,28H2,1H3,(H,30,31,35,36). The summed E-state index contributed by atoms with van der Waals surface area (Å²) in [6.45, 7) is 6.19. The van der Waals surface area contributed by atoms with E-state index in [0.29, 0.717) is 31.2 Å². The van der Waals surface area contributed by atoms with Gasteiger partial charge in [-0.2, -0.15) is 4.98 Å². The topological polar surface area (TPSA) is 109 Å². The van der Waals surface area contributed by atoms with Crippen LogP contribution in [0.5, 0.6) is 0 Å². The highest BCUT2D eigenvalue weighted by atomic mass is 16.2. The molecule has 1 aromatic carbocycles. The molecule has 0 bridgehead atoms. The smallest absolute Gasteiger partial charge is 0.328 e. The first-order valence-corrected chi connectivity index (χ1v) is 13.5. The molecule has 2 aliphatic carbocycles. The molecule has 194 valence electrons. The Morgan fingerprint density at radius 1 is 1.11 bits per heavy atom. The molecule has 1 atom stereocenters. The van der Waals surface area contributed by atoms with Crippen LogP contribution in [0.3, 0.4) is 0 Å². The number of nitrogens with zero attached hydrogens (tertiary/aromatic N) is 4. The van der Waals surface area contributed by atoms with Crippen molar-refractivity contribution in [2.24, 2.45) is 5.73 Å². The van der Waals surface area contributed by atoms with E-state index in [-0.39, 0.29) is 11.8 Å². The summed E-state index contributed by atoms with van der Waals surface area (Å²) in [5.41, 5.74) is 9.26. The Labute approximate surface area is 213 Å². The minimum Gasteiger partial charge on any atom is -0.328 e. The first-order valence-electron chi connectivity index (χ1n) is 13.5. The lowest BCUT2D eigenvalue weighted by Gasteiger charge is -2.42. The number of urea groups is 1. The molecule has 9 nitrogen and oxygen atoms in total. The third-order valence-corrected chi connectivity index (χ3v) is 8.16. The number of amides is 2. The predicted octanol–water partition coefficient (Wildman–Crippen LogP) is 2.12. The number of piperazine rings is 1. The summed E-state index contributed by atoms with van der Waals surface area (Å²) in [6, 6.07) is 9.37. The Morgan fingerprint density at radius 2 is 1.89 bits per heavy atom. The predicted molar refractivity (Wildman–Crippen MR) is 142 cm³/mol. The van der Waals surface area contributed by atoms with Gasteiger partial charge in [-0.05, 0) is 80.8 Å². The van der Waals surface area contributed by atoms with Crippen LogP contribution >= 0.6 is 0 Å². The molecule has 1 saturated carbocycles. The van der Waals surface area contributed by atoms with Crippen molar-refractivity contribution in [3.63, 3.8) is 0 Å². The fourth-order valence-electron chi connectivity index (χ4n) is 6.13. The lowest BCUT2D eigenvalue weighted by Crippen LogP contribution is -2.48. The number of carbonyl (C=O) groups is 1. The van der Waals surface area contributed by atoms with Gasteiger partial charge >= 0.3 is 11.7 Å². The molecule has 2 heterocycles. The van der Waals surface area contributed by atoms with Crippen molar-refractivity contribution >= 4 is 11.8 Å². The Balaban J connectivity index is 1.26. The van der Waals surface area contributed by atoms with Crippen molar-refractivity contribution in [1.29, 1.82) is 0 Å². The maximum Gasteiger partial charge on any atom is 0.354 e. The van der Waals surface area contributed by atoms with E-state index in [1.54, 1.807) is 21.7 Å². The minimum absolute atomic E-state index is 0.221. The summed E-state index contributed by atoms with van der Waals surface area (Å²) < 4.78 is 1.55. The van der Waals surface area contributed by atoms with E-state index >= 15 is 0 Å². The zero-order valence-electron chi connectivity index (χ0n) is 21.3. The molecule has 2 fully saturated rings. The van der Waals surface area contributed by atoms with Crippen molar-refractivity contribution in [3.8, 4) is 5.69 Å². The lowest BCUT2D eigenvalue weighted by molar-refractivity contribution is 0.0970. The average Bonchev–Trinajstić information content (AvgIpc) is 2.90. The lowest BCUT2D eigenvalue weighted by atomic mass is 9.84. The number of fused-ring (bicyclic) bond motifs is 1. The van der Waals surface area contributed by atoms with Crippen LogP contribution < -0.4 is 22.1 Å². The Morgan fingerprint density at radius 3 is 2.61 bits per heavy atom. The molecule has 5 rings (SSSR count). The first-order chi connectivity index (χ1) is 17.5. The van der Waals surface area contributed by atoms with E-state index in [0.717, 1.165) is 57.4 Å². The number of aromatic nitrogens is 2. The fourth-order valence-corrected chi connectivity index (χ4v) is 6.13. The molecule has 0 radical (unpaired) electrons. The number of nitrogens with one attached hydrogen (secondary N) is 2. The molecule has 1 aromatic heterocycles. The van der Waals surface area contributed by atoms with Gasteiger partial charge in [0.2, 0.25) is 0 Å². The SMILES string of the molecule is CCN(C1CCC(N)CC1)C1CCc2cc(-n3ccc(NC(=O)N4CCNCC4)nc3=O)ccc2C1. The summed E-state index contributed by atoms with van der Waals surface area (Å²) >= 11 is 0. The van der Waals surface area contributed by atoms with Gasteiger partial charge in [0.15, 0.2) is 0 Å². The van der Waals surface area contributed by atoms with Crippen molar-refractivity contribution in [2.75, 3.05) is 38.0 Å². The summed E-state index contributed by atoms with van der Waals surface area (Å²) in [6.07, 6.45) is 9.58. The van der Waals surface area contributed by atoms with Crippen molar-refractivity contribution in [1.82, 2.24) is 24.7 Å². The Kier molecular flexibility index (Phi) is 7.69. The second-order valence-corrected chi connectivity index (χ2v) is 10.4. The highest BCUT2D eigenvalue weighted by Crippen LogP contribution is 2.31. The molecule has 0 spiro atoms. The van der Waals surface area contributed by atoms with Gasteiger partial charge in [-0.1, -0.05) is 13.0 Å². The van der Waals surface area contributed by atoms with Gasteiger partial charge in [-0.15, -0.1) is 0 Å². The molecular weight excluding hydrogens is 454 g/mol. The summed E-state index contributed by atoms with van der Waals surface area (Å²) in [4.78, 5) is 33.8. The molecule has 2 amide bonds. The monoisotopic (exact) mass is 493 g/mol. The number of benzene rings is 1. The largest absolute Gasteiger partial charge is 0.354 e. The number of aryl methyl sites for hydroxylation is 1. The second-order valence-electron chi connectivity index (χ2n) is 10.4. The van der Waals surface area contributed by atoms with Crippen molar-refractivity contribution in [2.45, 2.75) is 70.0 Å². The van der Waals surface area contributed by atoms with Crippen LogP contribution in [-0.2, 0) is 12.8 Å². The van der Waals surface area contributed by atoms with Crippen LogP contribution in [0.25, 0.3) is 5.69 Å². The first kappa shape index (κ1) is 24.9. The highest BCUT2D eigenvalue weighted by Gasteiger charge is 2.31. The van der Waals surface area contributed by atoms with E-state index in [2.05, 4.69) is 39.6 Å². The Bertz CT molecular complexity index is 1120. The number of rotatable bonds is 5. The zero-order valence-corrected chi connectivity index (χ0v) is 21.3. The van der Waals surface area contributed by atoms with E-state index in [1.807, 2.05) is 6.07 Å². The van der Waals surface area contributed by atoms with Crippen LogP contribution in [0.4, 0.5) is 10.6 Å². The third kappa shape index (κ3) is 5.48. The van der Waals surface area contributed by atoms with Gasteiger partial charge < -0.3 is 16.0 Å². The van der Waals surface area contributed by atoms with Crippen molar-refractivity contribution < 1.29 is 4.79 Å². The number of likely N-dealkylation sites (N-methyl/N-ethyl adjacent to an activating group) is 1. The summed E-state index contributed by atoms with van der Waals surface area (Å²) in [5.74, 6) is 0.281. The number of hydrogen-bond donors (Lipinski definition) is 3. The fraction of sp³-hybridized carbons (Fsp3) is 0.593. The number of carbonyl (C=O) groups excluding carboxylic acids is 1. The molecule has 36 heavy (non-hydrogen) atoms. The van der Waals surface area contributed by atoms with Gasteiger partial charge in [0.1, 0.15) is 5.82 Å². The average molecular weight is 494 g/mol. The van der Waals surface area contributed by atoms with Crippen LogP contribution in [-0.4, -0.2) is 76.2 Å². The molecule has 9 heteroatoms. The highest BCUT2D eigenvalue weighted by molar-refractivity contribution is 5.88. The van der Waals surface area contributed by atoms with Crippen LogP contribution in [0.1, 0.15) is 50.2 Å². The van der Waals surface area contributed by atoms with Crippen molar-refractivity contribution in [3.05, 3.63) is 52.1 Å². The second kappa shape index (κ2) is 11.1. The molecule has 1 aliphatic heterocycles.